The van der Waals surface area contributed by atoms with E-state index in [1.165, 1.54) is 4.90 Å². The number of rotatable bonds is 1. The van der Waals surface area contributed by atoms with Crippen molar-refractivity contribution in [2.75, 3.05) is 13.1 Å². The largest absolute Gasteiger partial charge is 0.480 e. The molecule has 1 N–H and O–H groups in total. The van der Waals surface area contributed by atoms with Crippen LogP contribution in [0.5, 0.6) is 0 Å². The van der Waals surface area contributed by atoms with Crippen LogP contribution in [0.15, 0.2) is 6.33 Å². The number of hydrogen-bond acceptors (Lipinski definition) is 4. The molecular formula is C13H19N5O3. The zero-order valence-corrected chi connectivity index (χ0v) is 12.0. The summed E-state index contributed by atoms with van der Waals surface area (Å²) in [4.78, 5) is 27.2. The van der Waals surface area contributed by atoms with E-state index in [4.69, 9.17) is 0 Å². The standard InChI is InChI=1S/C13H19N5O3/c1-9-2-3-18(10(6-9)12(19)20)13(21)16-4-5-17-8-14-15-11(17)7-16/h8-10H,2-7H2,1H3,(H,19,20). The molecule has 0 aliphatic carbocycles. The van der Waals surface area contributed by atoms with E-state index in [1.807, 2.05) is 11.5 Å². The second kappa shape index (κ2) is 5.34. The monoisotopic (exact) mass is 293 g/mol. The topological polar surface area (TPSA) is 91.6 Å². The number of carboxylic acid groups (broad SMARTS) is 1. The second-order valence-corrected chi connectivity index (χ2v) is 5.82. The highest BCUT2D eigenvalue weighted by Crippen LogP contribution is 2.24. The second-order valence-electron chi connectivity index (χ2n) is 5.82. The van der Waals surface area contributed by atoms with Gasteiger partial charge in [-0.1, -0.05) is 6.92 Å². The Labute approximate surface area is 122 Å². The Morgan fingerprint density at radius 3 is 2.90 bits per heavy atom. The van der Waals surface area contributed by atoms with E-state index in [0.29, 0.717) is 38.5 Å². The minimum atomic E-state index is -0.921. The molecule has 3 rings (SSSR count). The molecule has 1 fully saturated rings. The normalized spacial score (nSPS) is 25.6. The van der Waals surface area contributed by atoms with Gasteiger partial charge >= 0.3 is 12.0 Å². The Morgan fingerprint density at radius 1 is 1.33 bits per heavy atom. The van der Waals surface area contributed by atoms with Crippen LogP contribution in [0.1, 0.15) is 25.6 Å². The van der Waals surface area contributed by atoms with E-state index in [1.54, 1.807) is 11.2 Å². The van der Waals surface area contributed by atoms with Crippen LogP contribution in [0.3, 0.4) is 0 Å². The van der Waals surface area contributed by atoms with Gasteiger partial charge in [0, 0.05) is 19.6 Å². The summed E-state index contributed by atoms with van der Waals surface area (Å²) in [5.74, 6) is 0.154. The number of carbonyl (C=O) groups excluding carboxylic acids is 1. The van der Waals surface area contributed by atoms with Gasteiger partial charge in [0.2, 0.25) is 0 Å². The van der Waals surface area contributed by atoms with E-state index in [0.717, 1.165) is 12.2 Å². The maximum Gasteiger partial charge on any atom is 0.326 e. The van der Waals surface area contributed by atoms with Crippen LogP contribution in [0.4, 0.5) is 4.79 Å². The third-order valence-electron chi connectivity index (χ3n) is 4.30. The highest BCUT2D eigenvalue weighted by Gasteiger charge is 2.37. The van der Waals surface area contributed by atoms with E-state index in [2.05, 4.69) is 10.2 Å². The lowest BCUT2D eigenvalue weighted by atomic mass is 9.92. The van der Waals surface area contributed by atoms with Gasteiger partial charge in [0.1, 0.15) is 12.4 Å². The van der Waals surface area contributed by atoms with Crippen LogP contribution in [0, 0.1) is 5.92 Å². The fourth-order valence-corrected chi connectivity index (χ4v) is 3.02. The number of hydrogen-bond donors (Lipinski definition) is 1. The highest BCUT2D eigenvalue weighted by molar-refractivity contribution is 5.83. The lowest BCUT2D eigenvalue weighted by Gasteiger charge is -2.39. The van der Waals surface area contributed by atoms with E-state index in [-0.39, 0.29) is 6.03 Å². The number of urea groups is 1. The Balaban J connectivity index is 1.74. The zero-order chi connectivity index (χ0) is 15.0. The van der Waals surface area contributed by atoms with Crippen molar-refractivity contribution in [2.24, 2.45) is 5.92 Å². The number of aromatic nitrogens is 3. The molecule has 3 heterocycles. The molecule has 0 bridgehead atoms. The summed E-state index contributed by atoms with van der Waals surface area (Å²) in [6.45, 7) is 4.12. The Hall–Kier alpha value is -2.12. The number of fused-ring (bicyclic) bond motifs is 1. The maximum absolute atomic E-state index is 12.6. The van der Waals surface area contributed by atoms with Crippen molar-refractivity contribution in [2.45, 2.75) is 38.9 Å². The van der Waals surface area contributed by atoms with Gasteiger partial charge in [0.05, 0.1) is 6.54 Å². The highest BCUT2D eigenvalue weighted by atomic mass is 16.4. The zero-order valence-electron chi connectivity index (χ0n) is 12.0. The molecule has 2 aliphatic heterocycles. The molecule has 0 aromatic carbocycles. The average molecular weight is 293 g/mol. The van der Waals surface area contributed by atoms with Crippen LogP contribution in [0.25, 0.3) is 0 Å². The molecule has 2 atom stereocenters. The van der Waals surface area contributed by atoms with Gasteiger partial charge in [-0.3, -0.25) is 0 Å². The lowest BCUT2D eigenvalue weighted by Crippen LogP contribution is -2.55. The number of aliphatic carboxylic acids is 1. The van der Waals surface area contributed by atoms with E-state index < -0.39 is 12.0 Å². The molecule has 0 radical (unpaired) electrons. The van der Waals surface area contributed by atoms with Crippen LogP contribution >= 0.6 is 0 Å². The Morgan fingerprint density at radius 2 is 2.14 bits per heavy atom. The van der Waals surface area contributed by atoms with Crippen LogP contribution in [-0.2, 0) is 17.9 Å². The smallest absolute Gasteiger partial charge is 0.326 e. The van der Waals surface area contributed by atoms with E-state index >= 15 is 0 Å². The first-order valence-corrected chi connectivity index (χ1v) is 7.21. The quantitative estimate of drug-likeness (QED) is 0.809. The summed E-state index contributed by atoms with van der Waals surface area (Å²) in [6.07, 6.45) is 3.02. The molecule has 1 aromatic heterocycles. The van der Waals surface area contributed by atoms with Crippen molar-refractivity contribution in [3.05, 3.63) is 12.2 Å². The number of likely N-dealkylation sites (tertiary alicyclic amines) is 1. The van der Waals surface area contributed by atoms with Crippen molar-refractivity contribution >= 4 is 12.0 Å². The third kappa shape index (κ3) is 2.57. The van der Waals surface area contributed by atoms with Crippen molar-refractivity contribution in [3.8, 4) is 0 Å². The molecule has 1 saturated heterocycles. The first-order valence-electron chi connectivity index (χ1n) is 7.21. The fraction of sp³-hybridized carbons (Fsp3) is 0.692. The molecule has 8 nitrogen and oxygen atoms in total. The summed E-state index contributed by atoms with van der Waals surface area (Å²) in [5.41, 5.74) is 0. The summed E-state index contributed by atoms with van der Waals surface area (Å²) in [5, 5.41) is 17.2. The number of carbonyl (C=O) groups is 2. The molecule has 2 unspecified atom stereocenters. The number of amides is 2. The molecule has 8 heteroatoms. The molecule has 114 valence electrons. The molecule has 2 aliphatic rings. The minimum Gasteiger partial charge on any atom is -0.480 e. The van der Waals surface area contributed by atoms with Crippen molar-refractivity contribution in [1.82, 2.24) is 24.6 Å². The number of piperidine rings is 1. The fourth-order valence-electron chi connectivity index (χ4n) is 3.02. The van der Waals surface area contributed by atoms with Crippen LogP contribution in [0.2, 0.25) is 0 Å². The van der Waals surface area contributed by atoms with Crippen LogP contribution < -0.4 is 0 Å². The molecule has 0 saturated carbocycles. The molecule has 21 heavy (non-hydrogen) atoms. The SMILES string of the molecule is CC1CCN(C(=O)N2CCn3cnnc3C2)C(C(=O)O)C1. The number of carboxylic acids is 1. The maximum atomic E-state index is 12.6. The molecule has 0 spiro atoms. The first-order chi connectivity index (χ1) is 10.1. The van der Waals surface area contributed by atoms with Gasteiger partial charge < -0.3 is 19.5 Å². The minimum absolute atomic E-state index is 0.205. The van der Waals surface area contributed by atoms with Gasteiger partial charge in [-0.2, -0.15) is 0 Å². The predicted octanol–water partition coefficient (Wildman–Crippen LogP) is 0.399. The third-order valence-corrected chi connectivity index (χ3v) is 4.30. The van der Waals surface area contributed by atoms with Gasteiger partial charge in [0.25, 0.3) is 0 Å². The summed E-state index contributed by atoms with van der Waals surface area (Å²) in [6, 6.07) is -0.926. The first kappa shape index (κ1) is 13.8. The van der Waals surface area contributed by atoms with Crippen molar-refractivity contribution < 1.29 is 14.7 Å². The lowest BCUT2D eigenvalue weighted by molar-refractivity contribution is -0.144. The average Bonchev–Trinajstić information content (AvgIpc) is 2.93. The summed E-state index contributed by atoms with van der Waals surface area (Å²) < 4.78 is 1.91. The summed E-state index contributed by atoms with van der Waals surface area (Å²) in [7, 11) is 0. The van der Waals surface area contributed by atoms with Crippen LogP contribution in [-0.4, -0.2) is 60.8 Å². The number of nitrogens with zero attached hydrogens (tertiary/aromatic N) is 5. The molecular weight excluding hydrogens is 274 g/mol. The predicted molar refractivity (Wildman–Crippen MR) is 72.4 cm³/mol. The molecule has 2 amide bonds. The van der Waals surface area contributed by atoms with Gasteiger partial charge in [-0.25, -0.2) is 9.59 Å². The Kier molecular flexibility index (Phi) is 3.52. The van der Waals surface area contributed by atoms with Crippen molar-refractivity contribution in [1.29, 1.82) is 0 Å². The van der Waals surface area contributed by atoms with Crippen molar-refractivity contribution in [3.63, 3.8) is 0 Å². The van der Waals surface area contributed by atoms with E-state index in [9.17, 15) is 14.7 Å². The molecule has 1 aromatic rings. The van der Waals surface area contributed by atoms with Gasteiger partial charge in [-0.15, -0.1) is 10.2 Å². The van der Waals surface area contributed by atoms with Gasteiger partial charge in [-0.05, 0) is 18.8 Å². The van der Waals surface area contributed by atoms with Gasteiger partial charge in [0.15, 0.2) is 5.82 Å². The summed E-state index contributed by atoms with van der Waals surface area (Å²) >= 11 is 0. The Bertz CT molecular complexity index is 558.